The molecule has 0 amide bonds. The van der Waals surface area contributed by atoms with Crippen molar-refractivity contribution >= 4 is 10.9 Å². The van der Waals surface area contributed by atoms with Crippen molar-refractivity contribution in [3.8, 4) is 11.5 Å². The molecule has 1 fully saturated rings. The van der Waals surface area contributed by atoms with Crippen LogP contribution in [-0.2, 0) is 12.5 Å². The highest BCUT2D eigenvalue weighted by molar-refractivity contribution is 5.95. The minimum atomic E-state index is 0.138. The van der Waals surface area contributed by atoms with Gasteiger partial charge in [0.25, 0.3) is 0 Å². The van der Waals surface area contributed by atoms with Crippen molar-refractivity contribution in [1.82, 2.24) is 4.57 Å². The number of hydrogen-bond acceptors (Lipinski definition) is 3. The van der Waals surface area contributed by atoms with Gasteiger partial charge in [-0.05, 0) is 30.5 Å². The van der Waals surface area contributed by atoms with Crippen molar-refractivity contribution < 1.29 is 9.47 Å². The molecule has 0 atom stereocenters. The lowest BCUT2D eigenvalue weighted by molar-refractivity contribution is 0.409. The Kier molecular flexibility index (Phi) is 2.71. The normalized spacial score (nSPS) is 16.6. The zero-order valence-corrected chi connectivity index (χ0v) is 11.7. The maximum absolute atomic E-state index is 5.98. The van der Waals surface area contributed by atoms with Gasteiger partial charge in [-0.25, -0.2) is 0 Å². The van der Waals surface area contributed by atoms with E-state index in [1.165, 1.54) is 5.56 Å². The highest BCUT2D eigenvalue weighted by Gasteiger charge is 2.45. The van der Waals surface area contributed by atoms with Crippen LogP contribution in [0.5, 0.6) is 11.5 Å². The van der Waals surface area contributed by atoms with Gasteiger partial charge in [0.15, 0.2) is 0 Å². The number of aryl methyl sites for hydroxylation is 1. The zero-order chi connectivity index (χ0) is 13.6. The van der Waals surface area contributed by atoms with E-state index in [4.69, 9.17) is 15.2 Å². The number of aromatic nitrogens is 1. The van der Waals surface area contributed by atoms with Crippen LogP contribution in [0, 0.1) is 0 Å². The molecule has 0 spiro atoms. The van der Waals surface area contributed by atoms with Gasteiger partial charge in [-0.2, -0.15) is 0 Å². The maximum atomic E-state index is 5.98. The fraction of sp³-hybridized carbons (Fsp3) is 0.467. The van der Waals surface area contributed by atoms with Crippen LogP contribution in [0.4, 0.5) is 0 Å². The molecule has 0 radical (unpaired) electrons. The predicted octanol–water partition coefficient (Wildman–Crippen LogP) is 2.19. The number of ether oxygens (including phenoxy) is 2. The summed E-state index contributed by atoms with van der Waals surface area (Å²) in [4.78, 5) is 0. The van der Waals surface area contributed by atoms with E-state index in [0.717, 1.165) is 35.2 Å². The summed E-state index contributed by atoms with van der Waals surface area (Å²) in [6.07, 6.45) is 4.49. The monoisotopic (exact) mass is 260 g/mol. The Morgan fingerprint density at radius 1 is 1.21 bits per heavy atom. The summed E-state index contributed by atoms with van der Waals surface area (Å²) in [6, 6.07) is 3.92. The molecule has 1 aromatic carbocycles. The van der Waals surface area contributed by atoms with Crippen LogP contribution in [0.15, 0.2) is 18.3 Å². The van der Waals surface area contributed by atoms with Crippen LogP contribution in [0.3, 0.4) is 0 Å². The van der Waals surface area contributed by atoms with Crippen molar-refractivity contribution in [3.05, 3.63) is 23.9 Å². The van der Waals surface area contributed by atoms with E-state index in [1.807, 2.05) is 19.2 Å². The van der Waals surface area contributed by atoms with Crippen molar-refractivity contribution in [2.45, 2.75) is 18.3 Å². The Hall–Kier alpha value is -1.68. The third kappa shape index (κ3) is 1.63. The van der Waals surface area contributed by atoms with E-state index in [-0.39, 0.29) is 5.41 Å². The first-order chi connectivity index (χ1) is 9.16. The summed E-state index contributed by atoms with van der Waals surface area (Å²) in [5, 5.41) is 1.15. The van der Waals surface area contributed by atoms with Crippen LogP contribution in [-0.4, -0.2) is 25.3 Å². The summed E-state index contributed by atoms with van der Waals surface area (Å²) in [7, 11) is 5.45. The lowest BCUT2D eigenvalue weighted by Crippen LogP contribution is -2.19. The summed E-state index contributed by atoms with van der Waals surface area (Å²) >= 11 is 0. The van der Waals surface area contributed by atoms with Gasteiger partial charge in [0.05, 0.1) is 19.7 Å². The average molecular weight is 260 g/mol. The average Bonchev–Trinajstić information content (AvgIpc) is 3.17. The van der Waals surface area contributed by atoms with Gasteiger partial charge in [-0.1, -0.05) is 0 Å². The van der Waals surface area contributed by atoms with Crippen LogP contribution >= 0.6 is 0 Å². The SMILES string of the molecule is COc1ccc(OC)c2c1c(C1(CN)CC1)cn2C. The second-order valence-electron chi connectivity index (χ2n) is 5.33. The highest BCUT2D eigenvalue weighted by Crippen LogP contribution is 2.52. The van der Waals surface area contributed by atoms with Crippen molar-refractivity contribution in [2.75, 3.05) is 20.8 Å². The van der Waals surface area contributed by atoms with E-state index < -0.39 is 0 Å². The second kappa shape index (κ2) is 4.17. The number of rotatable bonds is 4. The van der Waals surface area contributed by atoms with E-state index in [9.17, 15) is 0 Å². The van der Waals surface area contributed by atoms with Crippen molar-refractivity contribution in [2.24, 2.45) is 12.8 Å². The molecular formula is C15H20N2O2. The third-order valence-electron chi connectivity index (χ3n) is 4.30. The van der Waals surface area contributed by atoms with Gasteiger partial charge >= 0.3 is 0 Å². The van der Waals surface area contributed by atoms with E-state index in [1.54, 1.807) is 14.2 Å². The first kappa shape index (κ1) is 12.4. The third-order valence-corrected chi connectivity index (χ3v) is 4.30. The molecule has 0 unspecified atom stereocenters. The minimum absolute atomic E-state index is 0.138. The minimum Gasteiger partial charge on any atom is -0.496 e. The number of nitrogens with two attached hydrogens (primary N) is 1. The summed E-state index contributed by atoms with van der Waals surface area (Å²) in [5.74, 6) is 1.77. The van der Waals surface area contributed by atoms with Crippen molar-refractivity contribution in [3.63, 3.8) is 0 Å². The van der Waals surface area contributed by atoms with Gasteiger partial charge < -0.3 is 19.8 Å². The Morgan fingerprint density at radius 2 is 1.84 bits per heavy atom. The molecule has 1 aliphatic rings. The fourth-order valence-electron chi connectivity index (χ4n) is 2.96. The molecule has 4 nitrogen and oxygen atoms in total. The Morgan fingerprint density at radius 3 is 2.37 bits per heavy atom. The number of benzene rings is 1. The molecule has 2 N–H and O–H groups in total. The lowest BCUT2D eigenvalue weighted by Gasteiger charge is -2.13. The Balaban J connectivity index is 2.35. The fourth-order valence-corrected chi connectivity index (χ4v) is 2.96. The Bertz CT molecular complexity index is 627. The zero-order valence-electron chi connectivity index (χ0n) is 11.7. The molecule has 102 valence electrons. The molecular weight excluding hydrogens is 240 g/mol. The van der Waals surface area contributed by atoms with Gasteiger partial charge in [0.2, 0.25) is 0 Å². The summed E-state index contributed by atoms with van der Waals surface area (Å²) < 4.78 is 13.1. The molecule has 0 aliphatic heterocycles. The summed E-state index contributed by atoms with van der Waals surface area (Å²) in [5.41, 5.74) is 8.49. The lowest BCUT2D eigenvalue weighted by atomic mass is 9.95. The number of nitrogens with zero attached hydrogens (tertiary/aromatic N) is 1. The topological polar surface area (TPSA) is 49.4 Å². The quantitative estimate of drug-likeness (QED) is 0.916. The van der Waals surface area contributed by atoms with Crippen LogP contribution in [0.2, 0.25) is 0 Å². The molecule has 2 aromatic rings. The molecule has 1 aromatic heterocycles. The molecule has 0 bridgehead atoms. The molecule has 4 heteroatoms. The van der Waals surface area contributed by atoms with E-state index >= 15 is 0 Å². The van der Waals surface area contributed by atoms with Crippen LogP contribution in [0.1, 0.15) is 18.4 Å². The standard InChI is InChI=1S/C15H20N2O2/c1-17-8-10(15(9-16)6-7-15)13-11(18-2)4-5-12(19-3)14(13)17/h4-5,8H,6-7,9,16H2,1-3H3. The molecule has 1 aliphatic carbocycles. The van der Waals surface area contributed by atoms with Crippen LogP contribution in [0.25, 0.3) is 10.9 Å². The molecule has 1 saturated carbocycles. The molecule has 3 rings (SSSR count). The molecule has 19 heavy (non-hydrogen) atoms. The van der Waals surface area contributed by atoms with Gasteiger partial charge in [-0.3, -0.25) is 0 Å². The maximum Gasteiger partial charge on any atom is 0.143 e. The number of hydrogen-bond donors (Lipinski definition) is 1. The largest absolute Gasteiger partial charge is 0.496 e. The Labute approximate surface area is 113 Å². The first-order valence-electron chi connectivity index (χ1n) is 6.57. The van der Waals surface area contributed by atoms with E-state index in [0.29, 0.717) is 6.54 Å². The summed E-state index contributed by atoms with van der Waals surface area (Å²) in [6.45, 7) is 0.687. The first-order valence-corrected chi connectivity index (χ1v) is 6.57. The van der Waals surface area contributed by atoms with Crippen LogP contribution < -0.4 is 15.2 Å². The second-order valence-corrected chi connectivity index (χ2v) is 5.33. The van der Waals surface area contributed by atoms with E-state index in [2.05, 4.69) is 10.8 Å². The number of fused-ring (bicyclic) bond motifs is 1. The predicted molar refractivity (Wildman–Crippen MR) is 76.0 cm³/mol. The molecule has 1 heterocycles. The molecule has 0 saturated heterocycles. The van der Waals surface area contributed by atoms with Crippen molar-refractivity contribution in [1.29, 1.82) is 0 Å². The van der Waals surface area contributed by atoms with Gasteiger partial charge in [-0.15, -0.1) is 0 Å². The smallest absolute Gasteiger partial charge is 0.143 e. The highest BCUT2D eigenvalue weighted by atomic mass is 16.5. The number of methoxy groups -OCH3 is 2. The van der Waals surface area contributed by atoms with Gasteiger partial charge in [0.1, 0.15) is 11.5 Å². The van der Waals surface area contributed by atoms with Gasteiger partial charge in [0, 0.05) is 30.6 Å².